The fraction of sp³-hybridized carbons (Fsp3) is 0.0833. The number of thioether (sulfide) groups is 1. The summed E-state index contributed by atoms with van der Waals surface area (Å²) >= 11 is 16.5. The second kappa shape index (κ2) is 9.38. The van der Waals surface area contributed by atoms with E-state index in [1.165, 1.54) is 16.7 Å². The number of hydrogen-bond acceptors (Lipinski definition) is 6. The molecule has 2 aliphatic heterocycles. The van der Waals surface area contributed by atoms with Crippen molar-refractivity contribution in [2.75, 3.05) is 11.7 Å². The summed E-state index contributed by atoms with van der Waals surface area (Å²) in [6, 6.07) is 18.5. The summed E-state index contributed by atoms with van der Waals surface area (Å²) in [7, 11) is 0. The van der Waals surface area contributed by atoms with Gasteiger partial charge in [0.15, 0.2) is 15.8 Å². The molecule has 0 spiro atoms. The molecule has 0 bridgehead atoms. The molecular weight excluding hydrogens is 546 g/mol. The number of anilines is 1. The van der Waals surface area contributed by atoms with Crippen LogP contribution in [0.1, 0.15) is 11.1 Å². The van der Waals surface area contributed by atoms with Crippen LogP contribution in [0, 0.1) is 0 Å². The summed E-state index contributed by atoms with van der Waals surface area (Å²) in [4.78, 5) is 15.1. The van der Waals surface area contributed by atoms with Crippen LogP contribution in [0.2, 0.25) is 5.02 Å². The number of benzene rings is 3. The van der Waals surface area contributed by atoms with Gasteiger partial charge in [-0.2, -0.15) is 0 Å². The van der Waals surface area contributed by atoms with Gasteiger partial charge >= 0.3 is 0 Å². The lowest BCUT2D eigenvalue weighted by atomic mass is 10.2. The molecule has 1 amide bonds. The number of halogens is 2. The third kappa shape index (κ3) is 4.61. The second-order valence-electron chi connectivity index (χ2n) is 7.12. The lowest BCUT2D eigenvalue weighted by Gasteiger charge is -2.14. The standard InChI is InChI=1S/C24H15BrClNO4S2/c25-17-9-14(5-7-19(17)29-12-15-3-1-2-4-18(15)26)10-22-23(28)27(24(32)33-22)16-6-8-20-21(11-16)31-13-30-20/h1-11H,12-13H2/b22-10+. The van der Waals surface area contributed by atoms with Gasteiger partial charge in [0.1, 0.15) is 12.4 Å². The predicted octanol–water partition coefficient (Wildman–Crippen LogP) is 6.82. The van der Waals surface area contributed by atoms with Crippen LogP contribution in [0.15, 0.2) is 70.0 Å². The van der Waals surface area contributed by atoms with E-state index in [2.05, 4.69) is 15.9 Å². The van der Waals surface area contributed by atoms with Crippen molar-refractivity contribution < 1.29 is 19.0 Å². The van der Waals surface area contributed by atoms with Crippen LogP contribution in [-0.4, -0.2) is 17.0 Å². The highest BCUT2D eigenvalue weighted by atomic mass is 79.9. The number of carbonyl (C=O) groups excluding carboxylic acids is 1. The molecule has 2 heterocycles. The third-order valence-corrected chi connectivity index (χ3v) is 7.29. The monoisotopic (exact) mass is 559 g/mol. The summed E-state index contributed by atoms with van der Waals surface area (Å²) < 4.78 is 17.9. The lowest BCUT2D eigenvalue weighted by Crippen LogP contribution is -2.27. The molecule has 0 aromatic heterocycles. The molecule has 0 N–H and O–H groups in total. The Kier molecular flexibility index (Phi) is 6.34. The van der Waals surface area contributed by atoms with E-state index in [0.717, 1.165) is 15.6 Å². The highest BCUT2D eigenvalue weighted by molar-refractivity contribution is 9.10. The van der Waals surface area contributed by atoms with E-state index in [1.54, 1.807) is 18.2 Å². The Labute approximate surface area is 213 Å². The molecule has 0 unspecified atom stereocenters. The van der Waals surface area contributed by atoms with Gasteiger partial charge in [-0.25, -0.2) is 0 Å². The first-order valence-corrected chi connectivity index (χ1v) is 12.2. The second-order valence-corrected chi connectivity index (χ2v) is 10.1. The summed E-state index contributed by atoms with van der Waals surface area (Å²) in [5, 5.41) is 0.662. The molecule has 0 saturated carbocycles. The molecule has 5 rings (SSSR count). The van der Waals surface area contributed by atoms with Gasteiger partial charge < -0.3 is 14.2 Å². The maximum Gasteiger partial charge on any atom is 0.270 e. The van der Waals surface area contributed by atoms with Gasteiger partial charge in [0.05, 0.1) is 15.1 Å². The molecule has 1 fully saturated rings. The number of nitrogens with zero attached hydrogens (tertiary/aromatic N) is 1. The molecule has 3 aromatic carbocycles. The Hall–Kier alpha value is -2.52. The molecule has 5 nitrogen and oxygen atoms in total. The summed E-state index contributed by atoms with van der Waals surface area (Å²) in [5.41, 5.74) is 2.40. The highest BCUT2D eigenvalue weighted by Gasteiger charge is 2.34. The third-order valence-electron chi connectivity index (χ3n) is 5.00. The molecule has 9 heteroatoms. The summed E-state index contributed by atoms with van der Waals surface area (Å²) in [6.45, 7) is 0.524. The Bertz CT molecular complexity index is 1310. The zero-order chi connectivity index (χ0) is 22.9. The first kappa shape index (κ1) is 22.3. The van der Waals surface area contributed by atoms with Gasteiger partial charge in [-0.3, -0.25) is 9.69 Å². The number of hydrogen-bond donors (Lipinski definition) is 0. The van der Waals surface area contributed by atoms with Crippen LogP contribution in [-0.2, 0) is 11.4 Å². The van der Waals surface area contributed by atoms with Gasteiger partial charge in [-0.1, -0.05) is 59.8 Å². The quantitative estimate of drug-likeness (QED) is 0.252. The number of fused-ring (bicyclic) bond motifs is 1. The van der Waals surface area contributed by atoms with Crippen molar-refractivity contribution in [3.63, 3.8) is 0 Å². The number of carbonyl (C=O) groups is 1. The lowest BCUT2D eigenvalue weighted by molar-refractivity contribution is -0.113. The van der Waals surface area contributed by atoms with Gasteiger partial charge in [-0.15, -0.1) is 0 Å². The fourth-order valence-electron chi connectivity index (χ4n) is 3.36. The van der Waals surface area contributed by atoms with E-state index in [0.29, 0.717) is 43.8 Å². The average molecular weight is 561 g/mol. The van der Waals surface area contributed by atoms with Crippen molar-refractivity contribution in [3.05, 3.63) is 86.2 Å². The van der Waals surface area contributed by atoms with Gasteiger partial charge in [0, 0.05) is 16.7 Å². The maximum atomic E-state index is 13.1. The largest absolute Gasteiger partial charge is 0.488 e. The Balaban J connectivity index is 1.33. The van der Waals surface area contributed by atoms with E-state index >= 15 is 0 Å². The highest BCUT2D eigenvalue weighted by Crippen LogP contribution is 2.41. The maximum absolute atomic E-state index is 13.1. The van der Waals surface area contributed by atoms with Crippen LogP contribution in [0.5, 0.6) is 17.2 Å². The van der Waals surface area contributed by atoms with Gasteiger partial charge in [-0.05, 0) is 57.9 Å². The zero-order valence-corrected chi connectivity index (χ0v) is 20.9. The fourth-order valence-corrected chi connectivity index (χ4v) is 5.36. The first-order chi connectivity index (χ1) is 16.0. The minimum Gasteiger partial charge on any atom is -0.488 e. The molecule has 166 valence electrons. The Morgan fingerprint density at radius 3 is 2.76 bits per heavy atom. The van der Waals surface area contributed by atoms with Crippen LogP contribution >= 0.6 is 51.5 Å². The number of thiocarbonyl (C=S) groups is 1. The molecule has 0 atom stereocenters. The smallest absolute Gasteiger partial charge is 0.270 e. The number of amides is 1. The minimum absolute atomic E-state index is 0.171. The zero-order valence-electron chi connectivity index (χ0n) is 16.9. The number of ether oxygens (including phenoxy) is 3. The molecule has 0 aliphatic carbocycles. The Morgan fingerprint density at radius 1 is 1.12 bits per heavy atom. The van der Waals surface area contributed by atoms with Crippen molar-refractivity contribution in [2.45, 2.75) is 6.61 Å². The van der Waals surface area contributed by atoms with Crippen LogP contribution in [0.3, 0.4) is 0 Å². The summed E-state index contributed by atoms with van der Waals surface area (Å²) in [6.07, 6.45) is 1.81. The van der Waals surface area contributed by atoms with Crippen LogP contribution < -0.4 is 19.1 Å². The van der Waals surface area contributed by atoms with Gasteiger partial charge in [0.25, 0.3) is 5.91 Å². The van der Waals surface area contributed by atoms with Crippen LogP contribution in [0.25, 0.3) is 6.08 Å². The van der Waals surface area contributed by atoms with E-state index in [-0.39, 0.29) is 12.7 Å². The molecule has 0 radical (unpaired) electrons. The van der Waals surface area contributed by atoms with Crippen LogP contribution in [0.4, 0.5) is 5.69 Å². The minimum atomic E-state index is -0.181. The molecule has 3 aromatic rings. The average Bonchev–Trinajstić information content (AvgIpc) is 3.37. The van der Waals surface area contributed by atoms with Crippen molar-refractivity contribution in [1.82, 2.24) is 0 Å². The van der Waals surface area contributed by atoms with Crippen molar-refractivity contribution in [1.29, 1.82) is 0 Å². The molecule has 2 aliphatic rings. The first-order valence-electron chi connectivity index (χ1n) is 9.83. The SMILES string of the molecule is O=C1/C(=C\c2ccc(OCc3ccccc3Cl)c(Br)c2)SC(=S)N1c1ccc2c(c1)OCO2. The normalized spacial score (nSPS) is 16.1. The number of rotatable bonds is 5. The van der Waals surface area contributed by atoms with Crippen molar-refractivity contribution in [3.8, 4) is 17.2 Å². The van der Waals surface area contributed by atoms with Crippen molar-refractivity contribution in [2.24, 2.45) is 0 Å². The predicted molar refractivity (Wildman–Crippen MR) is 138 cm³/mol. The molecule has 33 heavy (non-hydrogen) atoms. The van der Waals surface area contributed by atoms with Crippen molar-refractivity contribution >= 4 is 73.5 Å². The summed E-state index contributed by atoms with van der Waals surface area (Å²) in [5.74, 6) is 1.75. The molecular formula is C24H15BrClNO4S2. The van der Waals surface area contributed by atoms with E-state index in [9.17, 15) is 4.79 Å². The van der Waals surface area contributed by atoms with E-state index < -0.39 is 0 Å². The topological polar surface area (TPSA) is 48.0 Å². The van der Waals surface area contributed by atoms with E-state index in [4.69, 9.17) is 38.0 Å². The Morgan fingerprint density at radius 2 is 1.94 bits per heavy atom. The van der Waals surface area contributed by atoms with Gasteiger partial charge in [0.2, 0.25) is 6.79 Å². The molecule has 1 saturated heterocycles. The van der Waals surface area contributed by atoms with E-state index in [1.807, 2.05) is 48.5 Å².